The van der Waals surface area contributed by atoms with Crippen LogP contribution in [0.2, 0.25) is 0 Å². The van der Waals surface area contributed by atoms with E-state index in [0.717, 1.165) is 0 Å². The summed E-state index contributed by atoms with van der Waals surface area (Å²) in [5.41, 5.74) is 1.41. The first-order valence-electron chi connectivity index (χ1n) is 4.21. The number of hydrogen-bond donors (Lipinski definition) is 0. The minimum absolute atomic E-state index is 1.17. The lowest BCUT2D eigenvalue weighted by Crippen LogP contribution is -1.80. The summed E-state index contributed by atoms with van der Waals surface area (Å²) in [6.07, 6.45) is 2.37. The highest BCUT2D eigenvalue weighted by Crippen LogP contribution is 2.19. The van der Waals surface area contributed by atoms with Gasteiger partial charge < -0.3 is 0 Å². The van der Waals surface area contributed by atoms with Crippen molar-refractivity contribution in [2.24, 2.45) is 0 Å². The molecule has 1 heterocycles. The largest absolute Gasteiger partial charge is 0.132 e. The Hall–Kier alpha value is -0.820. The third-order valence-electron chi connectivity index (χ3n) is 1.94. The topological polar surface area (TPSA) is 0 Å². The molecule has 0 unspecified atom stereocenters. The Bertz CT molecular complexity index is 373. The lowest BCUT2D eigenvalue weighted by atomic mass is 10.1. The second-order valence-electron chi connectivity index (χ2n) is 2.94. The van der Waals surface area contributed by atoms with Crippen molar-refractivity contribution in [3.63, 3.8) is 0 Å². The molecular weight excluding hydrogens is 164 g/mol. The van der Waals surface area contributed by atoms with Gasteiger partial charge in [-0.3, -0.25) is 0 Å². The summed E-state index contributed by atoms with van der Waals surface area (Å²) in [7, 11) is 0. The van der Waals surface area contributed by atoms with Crippen LogP contribution in [0.3, 0.4) is 0 Å². The Kier molecular flexibility index (Phi) is 2.13. The van der Waals surface area contributed by atoms with Gasteiger partial charge >= 0.3 is 0 Å². The molecule has 1 aromatic carbocycles. The molecule has 1 heteroatoms. The van der Waals surface area contributed by atoms with Crippen LogP contribution in [0, 0.1) is 10.8 Å². The smallest absolute Gasteiger partial charge is 0.0534 e. The third-order valence-corrected chi connectivity index (χ3v) is 2.59. The maximum Gasteiger partial charge on any atom is 0.0534 e. The first-order valence-corrected chi connectivity index (χ1v) is 5.02. The van der Waals surface area contributed by atoms with E-state index in [-0.39, 0.29) is 0 Å². The van der Waals surface area contributed by atoms with Crippen LogP contribution in [-0.2, 0) is 6.42 Å². The highest BCUT2D eigenvalue weighted by atomic mass is 32.1. The van der Waals surface area contributed by atoms with Crippen LogP contribution in [0.4, 0.5) is 0 Å². The van der Waals surface area contributed by atoms with Crippen molar-refractivity contribution in [2.45, 2.75) is 19.8 Å². The van der Waals surface area contributed by atoms with Gasteiger partial charge in [0.25, 0.3) is 0 Å². The van der Waals surface area contributed by atoms with E-state index in [1.165, 1.54) is 40.5 Å². The van der Waals surface area contributed by atoms with Crippen molar-refractivity contribution in [3.05, 3.63) is 34.5 Å². The molecule has 0 fully saturated rings. The summed E-state index contributed by atoms with van der Waals surface area (Å²) in [5.74, 6) is 0. The number of aryl methyl sites for hydroxylation is 1. The molecule has 1 aromatic heterocycles. The van der Waals surface area contributed by atoms with E-state index in [1.54, 1.807) is 0 Å². The van der Waals surface area contributed by atoms with Crippen LogP contribution < -0.4 is 0 Å². The molecule has 0 bridgehead atoms. The summed E-state index contributed by atoms with van der Waals surface area (Å²) in [6, 6.07) is 6.53. The van der Waals surface area contributed by atoms with Crippen LogP contribution >= 0.6 is 11.3 Å². The molecule has 12 heavy (non-hydrogen) atoms. The highest BCUT2D eigenvalue weighted by molar-refractivity contribution is 7.08. The van der Waals surface area contributed by atoms with E-state index >= 15 is 0 Å². The van der Waals surface area contributed by atoms with Crippen molar-refractivity contribution < 1.29 is 0 Å². The fourth-order valence-corrected chi connectivity index (χ4v) is 1.96. The van der Waals surface area contributed by atoms with Gasteiger partial charge in [0.2, 0.25) is 0 Å². The van der Waals surface area contributed by atoms with Gasteiger partial charge in [-0.05, 0) is 18.1 Å². The number of hydrogen-bond acceptors (Lipinski definition) is 1. The summed E-state index contributed by atoms with van der Waals surface area (Å²) in [4.78, 5) is 0. The normalized spacial score (nSPS) is 10.8. The van der Waals surface area contributed by atoms with Gasteiger partial charge in [-0.2, -0.15) is 0 Å². The lowest BCUT2D eigenvalue weighted by Gasteiger charge is -1.97. The Labute approximate surface area is 76.8 Å². The van der Waals surface area contributed by atoms with Crippen LogP contribution in [0.15, 0.2) is 18.2 Å². The third kappa shape index (κ3) is 1.37. The zero-order chi connectivity index (χ0) is 8.39. The van der Waals surface area contributed by atoms with Gasteiger partial charge in [0.05, 0.1) is 10.8 Å². The molecule has 2 aromatic rings. The molecule has 0 amide bonds. The molecule has 0 aliphatic rings. The molecular formula is C11H10S. The zero-order valence-corrected chi connectivity index (χ0v) is 7.87. The number of benzene rings is 1. The number of fused-ring (bicyclic) bond motifs is 1. The van der Waals surface area contributed by atoms with Crippen LogP contribution in [0.5, 0.6) is 0 Å². The van der Waals surface area contributed by atoms with E-state index in [9.17, 15) is 0 Å². The van der Waals surface area contributed by atoms with Gasteiger partial charge in [-0.15, -0.1) is 11.3 Å². The molecule has 0 saturated heterocycles. The minimum Gasteiger partial charge on any atom is -0.132 e. The standard InChI is InChI=1S/C11H10S/c1-2-3-9-4-5-10-7-12-8-11(10)6-9/h4-6H,2-3H2,1H3. The average molecular weight is 174 g/mol. The molecule has 0 aliphatic heterocycles. The number of thiophene rings is 1. The lowest BCUT2D eigenvalue weighted by molar-refractivity contribution is 0.924. The van der Waals surface area contributed by atoms with Crippen LogP contribution in [0.1, 0.15) is 18.9 Å². The molecule has 2 rings (SSSR count). The molecule has 0 saturated carbocycles. The van der Waals surface area contributed by atoms with Crippen molar-refractivity contribution in [1.29, 1.82) is 0 Å². The summed E-state index contributed by atoms with van der Waals surface area (Å²) in [6.45, 7) is 2.20. The highest BCUT2D eigenvalue weighted by Gasteiger charge is 1.96. The monoisotopic (exact) mass is 174 g/mol. The molecule has 0 spiro atoms. The summed E-state index contributed by atoms with van der Waals surface area (Å²) < 4.78 is 0. The SMILES string of the molecule is CCCc1ccc2[c]s[c]c2c1. The van der Waals surface area contributed by atoms with E-state index in [4.69, 9.17) is 0 Å². The maximum atomic E-state index is 3.20. The van der Waals surface area contributed by atoms with Crippen LogP contribution in [0.25, 0.3) is 10.8 Å². The zero-order valence-electron chi connectivity index (χ0n) is 7.05. The van der Waals surface area contributed by atoms with Gasteiger partial charge in [0, 0.05) is 10.8 Å². The average Bonchev–Trinajstić information content (AvgIpc) is 2.51. The minimum atomic E-state index is 1.17. The molecule has 0 aliphatic carbocycles. The van der Waals surface area contributed by atoms with E-state index in [2.05, 4.69) is 35.9 Å². The van der Waals surface area contributed by atoms with Crippen LogP contribution in [-0.4, -0.2) is 0 Å². The van der Waals surface area contributed by atoms with Gasteiger partial charge in [-0.1, -0.05) is 25.5 Å². The first kappa shape index (κ1) is 7.81. The first-order chi connectivity index (χ1) is 5.90. The number of rotatable bonds is 2. The second-order valence-corrected chi connectivity index (χ2v) is 3.55. The van der Waals surface area contributed by atoms with Gasteiger partial charge in [0.1, 0.15) is 0 Å². The predicted octanol–water partition coefficient (Wildman–Crippen LogP) is 3.45. The fourth-order valence-electron chi connectivity index (χ4n) is 1.34. The van der Waals surface area contributed by atoms with Gasteiger partial charge in [0.15, 0.2) is 0 Å². The fraction of sp³-hybridized carbons (Fsp3) is 0.273. The maximum absolute atomic E-state index is 3.20. The van der Waals surface area contributed by atoms with E-state index in [1.807, 2.05) is 0 Å². The Morgan fingerprint density at radius 3 is 2.92 bits per heavy atom. The predicted molar refractivity (Wildman–Crippen MR) is 53.5 cm³/mol. The second kappa shape index (κ2) is 3.28. The molecule has 0 N–H and O–H groups in total. The molecule has 0 nitrogen and oxygen atoms in total. The van der Waals surface area contributed by atoms with Crippen molar-refractivity contribution in [1.82, 2.24) is 0 Å². The summed E-state index contributed by atoms with van der Waals surface area (Å²) in [5, 5.41) is 8.79. The van der Waals surface area contributed by atoms with Gasteiger partial charge in [-0.25, -0.2) is 0 Å². The molecule has 60 valence electrons. The Balaban J connectivity index is 2.46. The van der Waals surface area contributed by atoms with Crippen molar-refractivity contribution in [3.8, 4) is 0 Å². The van der Waals surface area contributed by atoms with Crippen molar-refractivity contribution in [2.75, 3.05) is 0 Å². The van der Waals surface area contributed by atoms with Crippen molar-refractivity contribution >= 4 is 22.1 Å². The molecule has 2 radical (unpaired) electrons. The van der Waals surface area contributed by atoms with E-state index < -0.39 is 0 Å². The quantitative estimate of drug-likeness (QED) is 0.654. The Morgan fingerprint density at radius 1 is 1.25 bits per heavy atom. The Morgan fingerprint density at radius 2 is 2.08 bits per heavy atom. The molecule has 0 atom stereocenters. The van der Waals surface area contributed by atoms with E-state index in [0.29, 0.717) is 0 Å². The summed E-state index contributed by atoms with van der Waals surface area (Å²) >= 11 is 1.53.